The Balaban J connectivity index is 1.49. The van der Waals surface area contributed by atoms with E-state index in [-0.39, 0.29) is 22.9 Å². The molecule has 0 spiro atoms. The Labute approximate surface area is 197 Å². The highest BCUT2D eigenvalue weighted by Gasteiger charge is 2.38. The van der Waals surface area contributed by atoms with Crippen LogP contribution in [0.4, 0.5) is 0 Å². The number of aromatic hydroxyl groups is 1. The van der Waals surface area contributed by atoms with Crippen molar-refractivity contribution >= 4 is 17.7 Å². The lowest BCUT2D eigenvalue weighted by molar-refractivity contribution is -0.135. The van der Waals surface area contributed by atoms with Gasteiger partial charge in [0.15, 0.2) is 0 Å². The van der Waals surface area contributed by atoms with Gasteiger partial charge in [-0.05, 0) is 55.3 Å². The van der Waals surface area contributed by atoms with Crippen LogP contribution in [-0.4, -0.2) is 63.1 Å². The summed E-state index contributed by atoms with van der Waals surface area (Å²) in [5.74, 6) is 1.11. The Kier molecular flexibility index (Phi) is 7.20. The summed E-state index contributed by atoms with van der Waals surface area (Å²) < 4.78 is 10.0. The van der Waals surface area contributed by atoms with E-state index in [1.165, 1.54) is 0 Å². The Morgan fingerprint density at radius 1 is 1.21 bits per heavy atom. The zero-order valence-electron chi connectivity index (χ0n) is 19.0. The van der Waals surface area contributed by atoms with Crippen LogP contribution in [0, 0.1) is 6.92 Å². The van der Waals surface area contributed by atoms with Crippen molar-refractivity contribution in [3.8, 4) is 11.5 Å². The molecular formula is C24H28N4O4S. The lowest BCUT2D eigenvalue weighted by atomic mass is 10.1. The molecule has 4 rings (SSSR count). The topological polar surface area (TPSA) is 91.9 Å². The van der Waals surface area contributed by atoms with E-state index in [0.717, 1.165) is 29.2 Å². The van der Waals surface area contributed by atoms with E-state index in [1.54, 1.807) is 43.0 Å². The Morgan fingerprint density at radius 3 is 2.58 bits per heavy atom. The molecule has 3 aromatic rings. The fourth-order valence-electron chi connectivity index (χ4n) is 4.01. The van der Waals surface area contributed by atoms with Gasteiger partial charge in [-0.1, -0.05) is 22.4 Å². The number of aromatic nitrogens is 2. The standard InChI is InChI=1S/C24H28N4O4S/c1-16-22(26-32-25-16)15-27(2)24(30)23-12-21(33-20-10-8-19(31-3)9-11-20)14-28(23)13-17-4-6-18(29)7-5-17/h4-11,21,23,29H,12-15H2,1-3H3/t21-,23+/m1/s1. The van der Waals surface area contributed by atoms with Crippen molar-refractivity contribution in [3.63, 3.8) is 0 Å². The van der Waals surface area contributed by atoms with Crippen LogP contribution in [0.3, 0.4) is 0 Å². The number of carbonyl (C=O) groups is 1. The summed E-state index contributed by atoms with van der Waals surface area (Å²) in [6.45, 7) is 3.59. The van der Waals surface area contributed by atoms with Gasteiger partial charge in [0.1, 0.15) is 22.9 Å². The van der Waals surface area contributed by atoms with Gasteiger partial charge in [-0.15, -0.1) is 11.8 Å². The van der Waals surface area contributed by atoms with Crippen molar-refractivity contribution in [2.45, 2.75) is 42.6 Å². The number of amides is 1. The lowest BCUT2D eigenvalue weighted by Gasteiger charge is -2.27. The maximum atomic E-state index is 13.5. The summed E-state index contributed by atoms with van der Waals surface area (Å²) in [6, 6.07) is 14.9. The van der Waals surface area contributed by atoms with Crippen LogP contribution < -0.4 is 4.74 Å². The molecule has 1 amide bonds. The molecule has 0 aliphatic carbocycles. The summed E-state index contributed by atoms with van der Waals surface area (Å²) in [7, 11) is 3.45. The van der Waals surface area contributed by atoms with Gasteiger partial charge in [-0.25, -0.2) is 4.63 Å². The molecule has 1 N–H and O–H groups in total. The average Bonchev–Trinajstić information content (AvgIpc) is 3.40. The summed E-state index contributed by atoms with van der Waals surface area (Å²) in [5.41, 5.74) is 2.41. The van der Waals surface area contributed by atoms with Crippen molar-refractivity contribution in [1.29, 1.82) is 0 Å². The number of ether oxygens (including phenoxy) is 1. The van der Waals surface area contributed by atoms with Crippen LogP contribution in [-0.2, 0) is 17.9 Å². The average molecular weight is 469 g/mol. The third kappa shape index (κ3) is 5.66. The van der Waals surface area contributed by atoms with Gasteiger partial charge < -0.3 is 14.7 Å². The smallest absolute Gasteiger partial charge is 0.240 e. The Bertz CT molecular complexity index is 1070. The highest BCUT2D eigenvalue weighted by Crippen LogP contribution is 2.35. The number of hydrogen-bond acceptors (Lipinski definition) is 8. The van der Waals surface area contributed by atoms with E-state index in [9.17, 15) is 9.90 Å². The van der Waals surface area contributed by atoms with E-state index in [4.69, 9.17) is 9.37 Å². The third-order valence-corrected chi connectivity index (χ3v) is 7.06. The molecule has 0 unspecified atom stereocenters. The minimum atomic E-state index is -0.250. The van der Waals surface area contributed by atoms with Crippen LogP contribution in [0.15, 0.2) is 58.1 Å². The van der Waals surface area contributed by atoms with Gasteiger partial charge in [0.2, 0.25) is 5.91 Å². The first-order valence-electron chi connectivity index (χ1n) is 10.8. The largest absolute Gasteiger partial charge is 0.508 e. The quantitative estimate of drug-likeness (QED) is 0.537. The molecule has 0 bridgehead atoms. The minimum Gasteiger partial charge on any atom is -0.508 e. The van der Waals surface area contributed by atoms with Crippen LogP contribution in [0.2, 0.25) is 0 Å². The molecule has 2 heterocycles. The molecule has 1 saturated heterocycles. The van der Waals surface area contributed by atoms with Gasteiger partial charge in [0.05, 0.1) is 19.7 Å². The van der Waals surface area contributed by atoms with Gasteiger partial charge in [0.25, 0.3) is 0 Å². The molecule has 1 aromatic heterocycles. The van der Waals surface area contributed by atoms with Gasteiger partial charge in [-0.3, -0.25) is 9.69 Å². The third-order valence-electron chi connectivity index (χ3n) is 5.84. The van der Waals surface area contributed by atoms with Crippen molar-refractivity contribution in [3.05, 3.63) is 65.5 Å². The van der Waals surface area contributed by atoms with Crippen LogP contribution >= 0.6 is 11.8 Å². The zero-order valence-corrected chi connectivity index (χ0v) is 19.8. The van der Waals surface area contributed by atoms with Gasteiger partial charge in [0, 0.05) is 30.3 Å². The molecular weight excluding hydrogens is 440 g/mol. The number of likely N-dealkylation sites (N-methyl/N-ethyl adjacent to an activating group) is 1. The van der Waals surface area contributed by atoms with E-state index in [2.05, 4.69) is 27.3 Å². The summed E-state index contributed by atoms with van der Waals surface area (Å²) in [5, 5.41) is 17.6. The second-order valence-electron chi connectivity index (χ2n) is 8.25. The fourth-order valence-corrected chi connectivity index (χ4v) is 5.23. The Hall–Kier alpha value is -3.04. The number of phenolic OH excluding ortho intramolecular Hbond substituents is 1. The highest BCUT2D eigenvalue weighted by atomic mass is 32.2. The van der Waals surface area contributed by atoms with Crippen LogP contribution in [0.25, 0.3) is 0 Å². The fraction of sp³-hybridized carbons (Fsp3) is 0.375. The second-order valence-corrected chi connectivity index (χ2v) is 9.63. The number of phenols is 1. The predicted molar refractivity (Wildman–Crippen MR) is 125 cm³/mol. The van der Waals surface area contributed by atoms with Gasteiger partial charge >= 0.3 is 0 Å². The minimum absolute atomic E-state index is 0.0500. The first-order valence-corrected chi connectivity index (χ1v) is 11.7. The number of methoxy groups -OCH3 is 1. The number of carbonyl (C=O) groups excluding carboxylic acids is 1. The first kappa shape index (κ1) is 23.1. The molecule has 2 atom stereocenters. The number of nitrogens with zero attached hydrogens (tertiary/aromatic N) is 4. The second kappa shape index (κ2) is 10.3. The van der Waals surface area contributed by atoms with E-state index in [1.807, 2.05) is 31.2 Å². The number of benzene rings is 2. The van der Waals surface area contributed by atoms with Crippen LogP contribution in [0.1, 0.15) is 23.4 Å². The molecule has 174 valence electrons. The van der Waals surface area contributed by atoms with Crippen molar-refractivity contribution in [1.82, 2.24) is 20.1 Å². The summed E-state index contributed by atoms with van der Waals surface area (Å²) in [4.78, 5) is 18.5. The molecule has 1 fully saturated rings. The molecule has 2 aromatic carbocycles. The van der Waals surface area contributed by atoms with Crippen molar-refractivity contribution in [2.24, 2.45) is 0 Å². The van der Waals surface area contributed by atoms with E-state index < -0.39 is 0 Å². The number of hydrogen-bond donors (Lipinski definition) is 1. The monoisotopic (exact) mass is 468 g/mol. The molecule has 0 saturated carbocycles. The molecule has 0 radical (unpaired) electrons. The molecule has 8 nitrogen and oxygen atoms in total. The first-order chi connectivity index (χ1) is 15.9. The highest BCUT2D eigenvalue weighted by molar-refractivity contribution is 8.00. The van der Waals surface area contributed by atoms with Crippen LogP contribution in [0.5, 0.6) is 11.5 Å². The SMILES string of the molecule is COc1ccc(S[C@@H]2C[C@@H](C(=O)N(C)Cc3nonc3C)N(Cc3ccc(O)cc3)C2)cc1. The summed E-state index contributed by atoms with van der Waals surface area (Å²) in [6.07, 6.45) is 0.744. The zero-order chi connectivity index (χ0) is 23.4. The summed E-state index contributed by atoms with van der Waals surface area (Å²) >= 11 is 1.78. The Morgan fingerprint density at radius 2 is 1.94 bits per heavy atom. The van der Waals surface area contributed by atoms with Crippen molar-refractivity contribution in [2.75, 3.05) is 20.7 Å². The van der Waals surface area contributed by atoms with E-state index in [0.29, 0.717) is 24.5 Å². The molecule has 1 aliphatic heterocycles. The number of thioether (sulfide) groups is 1. The normalized spacial score (nSPS) is 18.4. The predicted octanol–water partition coefficient (Wildman–Crippen LogP) is 3.49. The molecule has 33 heavy (non-hydrogen) atoms. The number of rotatable bonds is 8. The number of likely N-dealkylation sites (tertiary alicyclic amines) is 1. The maximum Gasteiger partial charge on any atom is 0.240 e. The van der Waals surface area contributed by atoms with E-state index >= 15 is 0 Å². The van der Waals surface area contributed by atoms with Crippen molar-refractivity contribution < 1.29 is 19.3 Å². The van der Waals surface area contributed by atoms with Gasteiger partial charge in [-0.2, -0.15) is 0 Å². The lowest BCUT2D eigenvalue weighted by Crippen LogP contribution is -2.43. The maximum absolute atomic E-state index is 13.5. The molecule has 9 heteroatoms. The molecule has 1 aliphatic rings. The number of aryl methyl sites for hydroxylation is 1.